The number of phenolic OH excluding ortho intramolecular Hbond substituents is 1. The quantitative estimate of drug-likeness (QED) is 0.784. The number of methoxy groups -OCH3 is 5. The molecule has 0 saturated carbocycles. The smallest absolute Gasteiger partial charge is 0.225 e. The first-order chi connectivity index (χ1) is 13.5. The van der Waals surface area contributed by atoms with Gasteiger partial charge in [-0.25, -0.2) is 0 Å². The maximum absolute atomic E-state index is 12.4. The van der Waals surface area contributed by atoms with Crippen molar-refractivity contribution in [3.05, 3.63) is 29.3 Å². The number of phenols is 1. The minimum absolute atomic E-state index is 0.103. The normalized spacial score (nSPS) is 15.3. The molecule has 0 bridgehead atoms. The van der Waals surface area contributed by atoms with Crippen LogP contribution in [0.5, 0.6) is 34.5 Å². The molecule has 150 valence electrons. The lowest BCUT2D eigenvalue weighted by Crippen LogP contribution is -2.24. The molecule has 0 fully saturated rings. The molecule has 2 aromatic carbocycles. The van der Waals surface area contributed by atoms with E-state index in [0.29, 0.717) is 22.9 Å². The van der Waals surface area contributed by atoms with Crippen LogP contribution in [0.15, 0.2) is 18.2 Å². The molecule has 2 aromatic rings. The molecule has 0 aliphatic carbocycles. The minimum Gasteiger partial charge on any atom is -0.502 e. The lowest BCUT2D eigenvalue weighted by atomic mass is 9.83. The van der Waals surface area contributed by atoms with Gasteiger partial charge in [0.15, 0.2) is 23.0 Å². The minimum atomic E-state index is -0.373. The maximum atomic E-state index is 12.4. The zero-order chi connectivity index (χ0) is 20.4. The van der Waals surface area contributed by atoms with Gasteiger partial charge in [0.1, 0.15) is 0 Å². The molecular formula is C20H23NO7. The fourth-order valence-electron chi connectivity index (χ4n) is 3.52. The van der Waals surface area contributed by atoms with E-state index in [1.165, 1.54) is 35.5 Å². The Hall–Kier alpha value is -3.29. The van der Waals surface area contributed by atoms with Crippen LogP contribution in [0.25, 0.3) is 0 Å². The molecule has 1 aliphatic rings. The van der Waals surface area contributed by atoms with E-state index in [-0.39, 0.29) is 35.5 Å². The van der Waals surface area contributed by atoms with E-state index < -0.39 is 0 Å². The van der Waals surface area contributed by atoms with Crippen LogP contribution in [0.3, 0.4) is 0 Å². The van der Waals surface area contributed by atoms with Gasteiger partial charge in [0, 0.05) is 24.0 Å². The summed E-state index contributed by atoms with van der Waals surface area (Å²) in [5, 5.41) is 13.1. The lowest BCUT2D eigenvalue weighted by molar-refractivity contribution is -0.116. The molecule has 2 N–H and O–H groups in total. The Kier molecular flexibility index (Phi) is 5.39. The van der Waals surface area contributed by atoms with Crippen LogP contribution in [0.4, 0.5) is 5.69 Å². The molecule has 28 heavy (non-hydrogen) atoms. The molecule has 0 radical (unpaired) electrons. The largest absolute Gasteiger partial charge is 0.502 e. The molecule has 1 unspecified atom stereocenters. The molecule has 0 aromatic heterocycles. The molecule has 0 saturated heterocycles. The standard InChI is InChI=1S/C20H23NO7/c1-24-13-6-10(7-14(25-2)18(13)23)11-8-16(22)21-12-9-15(26-3)19(27-4)20(28-5)17(11)12/h6-7,9,11,23H,8H2,1-5H3,(H,21,22). The Morgan fingerprint density at radius 1 is 0.857 bits per heavy atom. The van der Waals surface area contributed by atoms with Gasteiger partial charge < -0.3 is 34.1 Å². The molecule has 3 rings (SSSR count). The summed E-state index contributed by atoms with van der Waals surface area (Å²) < 4.78 is 27.0. The number of nitrogens with one attached hydrogen (secondary N) is 1. The highest BCUT2D eigenvalue weighted by Gasteiger charge is 2.34. The number of hydrogen-bond donors (Lipinski definition) is 2. The number of ether oxygens (including phenoxy) is 5. The van der Waals surface area contributed by atoms with Gasteiger partial charge in [0.05, 0.1) is 41.2 Å². The highest BCUT2D eigenvalue weighted by molar-refractivity contribution is 5.97. The number of aromatic hydroxyl groups is 1. The highest BCUT2D eigenvalue weighted by atomic mass is 16.5. The SMILES string of the molecule is COc1cc(C2CC(=O)Nc3cc(OC)c(OC)c(OC)c32)cc(OC)c1O. The van der Waals surface area contributed by atoms with E-state index in [4.69, 9.17) is 23.7 Å². The zero-order valence-electron chi connectivity index (χ0n) is 16.4. The van der Waals surface area contributed by atoms with E-state index in [0.717, 1.165) is 11.1 Å². The second kappa shape index (κ2) is 7.75. The number of benzene rings is 2. The van der Waals surface area contributed by atoms with E-state index in [9.17, 15) is 9.90 Å². The van der Waals surface area contributed by atoms with Gasteiger partial charge in [0.2, 0.25) is 17.4 Å². The van der Waals surface area contributed by atoms with Crippen molar-refractivity contribution in [1.29, 1.82) is 0 Å². The van der Waals surface area contributed by atoms with Gasteiger partial charge in [0.25, 0.3) is 0 Å². The van der Waals surface area contributed by atoms with Gasteiger partial charge in [-0.3, -0.25) is 4.79 Å². The van der Waals surface area contributed by atoms with Crippen molar-refractivity contribution in [2.75, 3.05) is 40.9 Å². The summed E-state index contributed by atoms with van der Waals surface area (Å²) in [5.41, 5.74) is 2.05. The number of amides is 1. The summed E-state index contributed by atoms with van der Waals surface area (Å²) >= 11 is 0. The molecule has 8 nitrogen and oxygen atoms in total. The van der Waals surface area contributed by atoms with E-state index >= 15 is 0 Å². The molecule has 8 heteroatoms. The van der Waals surface area contributed by atoms with E-state index in [1.807, 2.05) is 0 Å². The molecule has 0 spiro atoms. The number of carbonyl (C=O) groups excluding carboxylic acids is 1. The number of rotatable bonds is 6. The Labute approximate surface area is 162 Å². The topological polar surface area (TPSA) is 95.5 Å². The van der Waals surface area contributed by atoms with Gasteiger partial charge in [-0.05, 0) is 17.7 Å². The fraction of sp³-hybridized carbons (Fsp3) is 0.350. The molecule has 1 amide bonds. The second-order valence-electron chi connectivity index (χ2n) is 6.19. The van der Waals surface area contributed by atoms with Gasteiger partial charge in [-0.1, -0.05) is 0 Å². The Morgan fingerprint density at radius 2 is 1.43 bits per heavy atom. The van der Waals surface area contributed by atoms with Crippen LogP contribution in [0, 0.1) is 0 Å². The van der Waals surface area contributed by atoms with Crippen molar-refractivity contribution in [1.82, 2.24) is 0 Å². The van der Waals surface area contributed by atoms with Crippen LogP contribution in [0.2, 0.25) is 0 Å². The van der Waals surface area contributed by atoms with Crippen molar-refractivity contribution in [3.8, 4) is 34.5 Å². The summed E-state index contributed by atoms with van der Waals surface area (Å²) in [4.78, 5) is 12.4. The number of hydrogen-bond acceptors (Lipinski definition) is 7. The van der Waals surface area contributed by atoms with Gasteiger partial charge >= 0.3 is 0 Å². The van der Waals surface area contributed by atoms with Crippen LogP contribution in [0.1, 0.15) is 23.5 Å². The third-order valence-corrected chi connectivity index (χ3v) is 4.78. The maximum Gasteiger partial charge on any atom is 0.225 e. The third kappa shape index (κ3) is 3.11. The van der Waals surface area contributed by atoms with Crippen molar-refractivity contribution < 1.29 is 33.6 Å². The van der Waals surface area contributed by atoms with Gasteiger partial charge in [-0.2, -0.15) is 0 Å². The summed E-state index contributed by atoms with van der Waals surface area (Å²) in [5.74, 6) is 1.21. The van der Waals surface area contributed by atoms with Crippen molar-refractivity contribution in [2.24, 2.45) is 0 Å². The Bertz CT molecular complexity index is 885. The molecule has 1 atom stereocenters. The van der Waals surface area contributed by atoms with Crippen molar-refractivity contribution >= 4 is 11.6 Å². The van der Waals surface area contributed by atoms with Crippen LogP contribution in [-0.2, 0) is 4.79 Å². The zero-order valence-corrected chi connectivity index (χ0v) is 16.4. The lowest BCUT2D eigenvalue weighted by Gasteiger charge is -2.30. The van der Waals surface area contributed by atoms with Crippen LogP contribution >= 0.6 is 0 Å². The highest BCUT2D eigenvalue weighted by Crippen LogP contribution is 2.52. The van der Waals surface area contributed by atoms with Gasteiger partial charge in [-0.15, -0.1) is 0 Å². The predicted octanol–water partition coefficient (Wildman–Crippen LogP) is 2.91. The first-order valence-electron chi connectivity index (χ1n) is 8.56. The molecule has 1 aliphatic heterocycles. The summed E-state index contributed by atoms with van der Waals surface area (Å²) in [7, 11) is 7.48. The average molecular weight is 389 g/mol. The number of carbonyl (C=O) groups is 1. The van der Waals surface area contributed by atoms with Crippen LogP contribution in [-0.4, -0.2) is 46.6 Å². The third-order valence-electron chi connectivity index (χ3n) is 4.78. The van der Waals surface area contributed by atoms with Crippen molar-refractivity contribution in [2.45, 2.75) is 12.3 Å². The number of anilines is 1. The molecular weight excluding hydrogens is 366 g/mol. The van der Waals surface area contributed by atoms with Crippen LogP contribution < -0.4 is 29.0 Å². The summed E-state index contributed by atoms with van der Waals surface area (Å²) in [6.45, 7) is 0. The van der Waals surface area contributed by atoms with E-state index in [2.05, 4.69) is 5.32 Å². The fourth-order valence-corrected chi connectivity index (χ4v) is 3.52. The van der Waals surface area contributed by atoms with E-state index in [1.54, 1.807) is 18.2 Å². The Balaban J connectivity index is 2.28. The first kappa shape index (κ1) is 19.5. The predicted molar refractivity (Wildman–Crippen MR) is 102 cm³/mol. The monoisotopic (exact) mass is 389 g/mol. The Morgan fingerprint density at radius 3 is 1.93 bits per heavy atom. The second-order valence-corrected chi connectivity index (χ2v) is 6.19. The number of fused-ring (bicyclic) bond motifs is 1. The molecule has 1 heterocycles. The average Bonchev–Trinajstić information content (AvgIpc) is 2.71. The summed E-state index contributed by atoms with van der Waals surface area (Å²) in [6.07, 6.45) is 0.177. The van der Waals surface area contributed by atoms with Crippen molar-refractivity contribution in [3.63, 3.8) is 0 Å². The first-order valence-corrected chi connectivity index (χ1v) is 8.56. The summed E-state index contributed by atoms with van der Waals surface area (Å²) in [6, 6.07) is 5.07.